The summed E-state index contributed by atoms with van der Waals surface area (Å²) in [6.07, 6.45) is 0.682. The second kappa shape index (κ2) is 5.75. The van der Waals surface area contributed by atoms with Gasteiger partial charge in [-0.1, -0.05) is 0 Å². The summed E-state index contributed by atoms with van der Waals surface area (Å²) < 4.78 is 38.2. The van der Waals surface area contributed by atoms with Gasteiger partial charge in [-0.25, -0.2) is 8.78 Å². The minimum Gasteiger partial charge on any atom is -0.490 e. The van der Waals surface area contributed by atoms with Crippen molar-refractivity contribution in [2.75, 3.05) is 19.8 Å². The summed E-state index contributed by atoms with van der Waals surface area (Å²) in [6, 6.07) is 2.54. The normalized spacial score (nSPS) is 14.8. The minimum atomic E-state index is -3.13. The fourth-order valence-electron chi connectivity index (χ4n) is 2.07. The van der Waals surface area contributed by atoms with Crippen molar-refractivity contribution in [3.05, 3.63) is 23.3 Å². The molecule has 0 saturated carbocycles. The van der Waals surface area contributed by atoms with Gasteiger partial charge >= 0.3 is 0 Å². The lowest BCUT2D eigenvalue weighted by atomic mass is 9.96. The molecule has 1 aromatic rings. The molecule has 1 aromatic carbocycles. The van der Waals surface area contributed by atoms with Crippen molar-refractivity contribution in [2.45, 2.75) is 25.7 Å². The molecule has 0 bridgehead atoms. The van der Waals surface area contributed by atoms with E-state index in [0.717, 1.165) is 6.92 Å². The fraction of sp³-hybridized carbons (Fsp3) is 0.500. The van der Waals surface area contributed by atoms with E-state index in [2.05, 4.69) is 0 Å². The highest BCUT2D eigenvalue weighted by Gasteiger charge is 2.32. The number of carbonyl (C=O) groups excluding carboxylic acids is 1. The third-order valence-corrected chi connectivity index (χ3v) is 3.03. The lowest BCUT2D eigenvalue weighted by Gasteiger charge is -2.18. The van der Waals surface area contributed by atoms with E-state index in [1.807, 2.05) is 0 Å². The van der Waals surface area contributed by atoms with Gasteiger partial charge in [-0.3, -0.25) is 4.79 Å². The average Bonchev–Trinajstić information content (AvgIpc) is 2.60. The monoisotopic (exact) mass is 285 g/mol. The first kappa shape index (κ1) is 14.7. The largest absolute Gasteiger partial charge is 0.490 e. The van der Waals surface area contributed by atoms with Crippen LogP contribution in [-0.4, -0.2) is 25.5 Å². The van der Waals surface area contributed by atoms with E-state index in [9.17, 15) is 13.6 Å². The summed E-state index contributed by atoms with van der Waals surface area (Å²) in [4.78, 5) is 12.0. The highest BCUT2D eigenvalue weighted by Crippen LogP contribution is 2.39. The maximum atomic E-state index is 13.7. The number of ketones is 1. The van der Waals surface area contributed by atoms with Crippen molar-refractivity contribution >= 4 is 5.78 Å². The van der Waals surface area contributed by atoms with Crippen molar-refractivity contribution in [3.63, 3.8) is 0 Å². The number of rotatable bonds is 4. The molecule has 0 spiro atoms. The molecule has 20 heavy (non-hydrogen) atoms. The quantitative estimate of drug-likeness (QED) is 0.863. The van der Waals surface area contributed by atoms with Crippen LogP contribution >= 0.6 is 0 Å². The molecule has 4 nitrogen and oxygen atoms in total. The average molecular weight is 285 g/mol. The van der Waals surface area contributed by atoms with Crippen LogP contribution in [0.2, 0.25) is 0 Å². The molecule has 0 aliphatic carbocycles. The Morgan fingerprint density at radius 3 is 2.45 bits per heavy atom. The van der Waals surface area contributed by atoms with Gasteiger partial charge in [-0.05, 0) is 18.7 Å². The van der Waals surface area contributed by atoms with Crippen molar-refractivity contribution in [3.8, 4) is 11.5 Å². The van der Waals surface area contributed by atoms with E-state index >= 15 is 0 Å². The molecule has 0 radical (unpaired) electrons. The number of nitrogens with two attached hydrogens (primary N) is 1. The number of fused-ring (bicyclic) bond motifs is 1. The Hall–Kier alpha value is -1.69. The molecule has 0 unspecified atom stereocenters. The zero-order chi connectivity index (χ0) is 14.8. The van der Waals surface area contributed by atoms with Crippen LogP contribution in [0, 0.1) is 0 Å². The lowest BCUT2D eigenvalue weighted by Crippen LogP contribution is -2.17. The third kappa shape index (κ3) is 3.07. The van der Waals surface area contributed by atoms with Gasteiger partial charge in [-0.2, -0.15) is 0 Å². The molecular weight excluding hydrogens is 268 g/mol. The van der Waals surface area contributed by atoms with Gasteiger partial charge in [0.25, 0.3) is 5.92 Å². The number of benzene rings is 1. The van der Waals surface area contributed by atoms with E-state index in [1.165, 1.54) is 12.1 Å². The second-order valence-corrected chi connectivity index (χ2v) is 4.75. The van der Waals surface area contributed by atoms with Crippen LogP contribution in [-0.2, 0) is 5.92 Å². The van der Waals surface area contributed by atoms with Crippen LogP contribution in [0.5, 0.6) is 11.5 Å². The van der Waals surface area contributed by atoms with Crippen LogP contribution in [0.1, 0.15) is 35.7 Å². The molecule has 1 aliphatic heterocycles. The van der Waals surface area contributed by atoms with Crippen LogP contribution in [0.25, 0.3) is 0 Å². The first-order valence-electron chi connectivity index (χ1n) is 6.48. The summed E-state index contributed by atoms with van der Waals surface area (Å²) in [5.41, 5.74) is 4.93. The summed E-state index contributed by atoms with van der Waals surface area (Å²) >= 11 is 0. The standard InChI is InChI=1S/C14H17F2NO3/c1-14(15,16)10-8-13-12(19-5-2-6-20-13)7-9(10)11(18)3-4-17/h7-8H,2-6,17H2,1H3. The Kier molecular flexibility index (Phi) is 4.23. The van der Waals surface area contributed by atoms with E-state index < -0.39 is 11.7 Å². The van der Waals surface area contributed by atoms with Crippen molar-refractivity contribution < 1.29 is 23.0 Å². The third-order valence-electron chi connectivity index (χ3n) is 3.03. The van der Waals surface area contributed by atoms with Gasteiger partial charge < -0.3 is 15.2 Å². The first-order chi connectivity index (χ1) is 9.43. The number of Topliss-reactive ketones (excluding diaryl/α,β-unsaturated/α-hetero) is 1. The van der Waals surface area contributed by atoms with Gasteiger partial charge in [-0.15, -0.1) is 0 Å². The molecule has 2 N–H and O–H groups in total. The zero-order valence-corrected chi connectivity index (χ0v) is 11.2. The van der Waals surface area contributed by atoms with Gasteiger partial charge in [0.05, 0.1) is 13.2 Å². The molecule has 110 valence electrons. The molecule has 0 atom stereocenters. The highest BCUT2D eigenvalue weighted by molar-refractivity contribution is 5.98. The van der Waals surface area contributed by atoms with Crippen molar-refractivity contribution in [2.24, 2.45) is 5.73 Å². The number of alkyl halides is 2. The smallest absolute Gasteiger partial charge is 0.271 e. The van der Waals surface area contributed by atoms with Crippen molar-refractivity contribution in [1.82, 2.24) is 0 Å². The molecule has 0 aromatic heterocycles. The Bertz CT molecular complexity index is 512. The molecule has 0 fully saturated rings. The van der Waals surface area contributed by atoms with Crippen molar-refractivity contribution in [1.29, 1.82) is 0 Å². The van der Waals surface area contributed by atoms with Crippen LogP contribution in [0.15, 0.2) is 12.1 Å². The maximum absolute atomic E-state index is 13.7. The summed E-state index contributed by atoms with van der Waals surface area (Å²) in [7, 11) is 0. The number of carbonyl (C=O) groups is 1. The van der Waals surface area contributed by atoms with E-state index in [4.69, 9.17) is 15.2 Å². The summed E-state index contributed by atoms with van der Waals surface area (Å²) in [5, 5.41) is 0. The Balaban J connectivity index is 2.52. The lowest BCUT2D eigenvalue weighted by molar-refractivity contribution is 0.0161. The predicted octanol–water partition coefficient (Wildman–Crippen LogP) is 2.49. The summed E-state index contributed by atoms with van der Waals surface area (Å²) in [5.74, 6) is -2.97. The van der Waals surface area contributed by atoms with Crippen LogP contribution < -0.4 is 15.2 Å². The SMILES string of the molecule is CC(F)(F)c1cc2c(cc1C(=O)CCN)OCCCO2. The Morgan fingerprint density at radius 2 is 1.90 bits per heavy atom. The van der Waals surface area contributed by atoms with E-state index in [0.29, 0.717) is 25.4 Å². The molecule has 0 amide bonds. The second-order valence-electron chi connectivity index (χ2n) is 4.75. The topological polar surface area (TPSA) is 61.6 Å². The number of halogens is 2. The molecule has 1 aliphatic rings. The van der Waals surface area contributed by atoms with Gasteiger partial charge in [0.1, 0.15) is 0 Å². The van der Waals surface area contributed by atoms with Crippen LogP contribution in [0.4, 0.5) is 8.78 Å². The van der Waals surface area contributed by atoms with Crippen LogP contribution in [0.3, 0.4) is 0 Å². The molecule has 6 heteroatoms. The Labute approximate surface area is 115 Å². The number of hydrogen-bond acceptors (Lipinski definition) is 4. The zero-order valence-electron chi connectivity index (χ0n) is 11.2. The molecule has 0 saturated heterocycles. The molecule has 1 heterocycles. The number of ether oxygens (including phenoxy) is 2. The Morgan fingerprint density at radius 1 is 1.30 bits per heavy atom. The molecule has 2 rings (SSSR count). The van der Waals surface area contributed by atoms with E-state index in [1.54, 1.807) is 0 Å². The summed E-state index contributed by atoms with van der Waals surface area (Å²) in [6.45, 7) is 1.70. The fourth-order valence-corrected chi connectivity index (χ4v) is 2.07. The number of hydrogen-bond donors (Lipinski definition) is 1. The van der Waals surface area contributed by atoms with Gasteiger partial charge in [0, 0.05) is 30.9 Å². The predicted molar refractivity (Wildman–Crippen MR) is 69.6 cm³/mol. The first-order valence-corrected chi connectivity index (χ1v) is 6.48. The van der Waals surface area contributed by atoms with E-state index in [-0.39, 0.29) is 29.8 Å². The minimum absolute atomic E-state index is 0.0166. The molecular formula is C14H17F2NO3. The van der Waals surface area contributed by atoms with Gasteiger partial charge in [0.2, 0.25) is 0 Å². The van der Waals surface area contributed by atoms with Gasteiger partial charge in [0.15, 0.2) is 17.3 Å². The highest BCUT2D eigenvalue weighted by atomic mass is 19.3. The maximum Gasteiger partial charge on any atom is 0.271 e.